The zero-order valence-electron chi connectivity index (χ0n) is 11.5. The van der Waals surface area contributed by atoms with Crippen LogP contribution < -0.4 is 5.32 Å². The van der Waals surface area contributed by atoms with E-state index in [1.54, 1.807) is 0 Å². The lowest BCUT2D eigenvalue weighted by molar-refractivity contribution is 0.547. The van der Waals surface area contributed by atoms with Crippen LogP contribution in [-0.4, -0.2) is 7.05 Å². The fourth-order valence-electron chi connectivity index (χ4n) is 2.33. The molecule has 1 unspecified atom stereocenters. The first kappa shape index (κ1) is 14.3. The Morgan fingerprint density at radius 1 is 1.11 bits per heavy atom. The summed E-state index contributed by atoms with van der Waals surface area (Å²) in [7, 11) is 2.03. The van der Waals surface area contributed by atoms with Crippen LogP contribution in [0.25, 0.3) is 0 Å². The highest BCUT2D eigenvalue weighted by Gasteiger charge is 2.12. The number of benzene rings is 2. The monoisotopic (exact) mass is 317 g/mol. The molecular formula is C17H20BrN. The van der Waals surface area contributed by atoms with Gasteiger partial charge in [0.25, 0.3) is 0 Å². The van der Waals surface area contributed by atoms with Gasteiger partial charge >= 0.3 is 0 Å². The molecule has 100 valence electrons. The molecule has 2 aromatic rings. The summed E-state index contributed by atoms with van der Waals surface area (Å²) < 4.78 is 1.19. The fourth-order valence-corrected chi connectivity index (χ4v) is 3.10. The van der Waals surface area contributed by atoms with Crippen molar-refractivity contribution in [3.63, 3.8) is 0 Å². The molecule has 0 radical (unpaired) electrons. The van der Waals surface area contributed by atoms with Crippen molar-refractivity contribution in [3.05, 3.63) is 69.7 Å². The Labute approximate surface area is 124 Å². The highest BCUT2D eigenvalue weighted by atomic mass is 79.9. The molecule has 0 amide bonds. The van der Waals surface area contributed by atoms with Crippen LogP contribution >= 0.6 is 15.9 Å². The molecule has 0 saturated heterocycles. The third-order valence-electron chi connectivity index (χ3n) is 3.44. The van der Waals surface area contributed by atoms with Gasteiger partial charge in [-0.2, -0.15) is 0 Å². The van der Waals surface area contributed by atoms with Gasteiger partial charge in [-0.25, -0.2) is 0 Å². The number of halogens is 1. The quantitative estimate of drug-likeness (QED) is 0.846. The minimum absolute atomic E-state index is 0.384. The summed E-state index contributed by atoms with van der Waals surface area (Å²) in [5, 5.41) is 3.42. The molecule has 19 heavy (non-hydrogen) atoms. The van der Waals surface area contributed by atoms with E-state index in [9.17, 15) is 0 Å². The van der Waals surface area contributed by atoms with Crippen LogP contribution in [0.2, 0.25) is 0 Å². The van der Waals surface area contributed by atoms with Crippen LogP contribution in [0.15, 0.2) is 53.0 Å². The Kier molecular flexibility index (Phi) is 5.17. The van der Waals surface area contributed by atoms with Crippen molar-refractivity contribution >= 4 is 15.9 Å². The molecule has 2 aromatic carbocycles. The van der Waals surface area contributed by atoms with Crippen molar-refractivity contribution in [1.82, 2.24) is 5.32 Å². The van der Waals surface area contributed by atoms with Gasteiger partial charge in [-0.15, -0.1) is 0 Å². The molecule has 2 rings (SSSR count). The molecule has 0 aromatic heterocycles. The molecule has 0 aliphatic heterocycles. The highest BCUT2D eigenvalue weighted by molar-refractivity contribution is 9.10. The Hall–Kier alpha value is -1.12. The van der Waals surface area contributed by atoms with Crippen LogP contribution in [-0.2, 0) is 6.42 Å². The van der Waals surface area contributed by atoms with Crippen LogP contribution in [0.3, 0.4) is 0 Å². The molecule has 2 heteroatoms. The first-order chi connectivity index (χ1) is 9.20. The summed E-state index contributed by atoms with van der Waals surface area (Å²) in [5.74, 6) is 0. The molecule has 0 aliphatic rings. The van der Waals surface area contributed by atoms with E-state index in [2.05, 4.69) is 76.7 Å². The van der Waals surface area contributed by atoms with E-state index in [1.807, 2.05) is 7.05 Å². The number of hydrogen-bond acceptors (Lipinski definition) is 1. The number of aryl methyl sites for hydroxylation is 2. The summed E-state index contributed by atoms with van der Waals surface area (Å²) in [5.41, 5.74) is 4.02. The predicted octanol–water partition coefficient (Wildman–Crippen LogP) is 4.65. The van der Waals surface area contributed by atoms with Gasteiger partial charge in [0.05, 0.1) is 0 Å². The molecule has 1 N–H and O–H groups in total. The summed E-state index contributed by atoms with van der Waals surface area (Å²) in [6.45, 7) is 2.12. The Bertz CT molecular complexity index is 522. The minimum Gasteiger partial charge on any atom is -0.313 e. The second-order valence-electron chi connectivity index (χ2n) is 4.89. The summed E-state index contributed by atoms with van der Waals surface area (Å²) in [6.07, 6.45) is 2.19. The highest BCUT2D eigenvalue weighted by Crippen LogP contribution is 2.27. The first-order valence-corrected chi connectivity index (χ1v) is 7.47. The fraction of sp³-hybridized carbons (Fsp3) is 0.294. The lowest BCUT2D eigenvalue weighted by atomic mass is 9.98. The number of hydrogen-bond donors (Lipinski definition) is 1. The van der Waals surface area contributed by atoms with E-state index in [0.717, 1.165) is 12.8 Å². The van der Waals surface area contributed by atoms with Crippen LogP contribution in [0.5, 0.6) is 0 Å². The van der Waals surface area contributed by atoms with Gasteiger partial charge in [-0.3, -0.25) is 0 Å². The van der Waals surface area contributed by atoms with Crippen molar-refractivity contribution in [3.8, 4) is 0 Å². The molecule has 0 fully saturated rings. The predicted molar refractivity (Wildman–Crippen MR) is 85.4 cm³/mol. The second-order valence-corrected chi connectivity index (χ2v) is 5.74. The van der Waals surface area contributed by atoms with Gasteiger partial charge in [0.2, 0.25) is 0 Å². The van der Waals surface area contributed by atoms with Gasteiger partial charge in [0, 0.05) is 10.5 Å². The van der Waals surface area contributed by atoms with E-state index in [4.69, 9.17) is 0 Å². The first-order valence-electron chi connectivity index (χ1n) is 6.68. The van der Waals surface area contributed by atoms with Crippen molar-refractivity contribution in [2.45, 2.75) is 25.8 Å². The molecule has 0 saturated carbocycles. The lowest BCUT2D eigenvalue weighted by Gasteiger charge is -2.18. The van der Waals surface area contributed by atoms with E-state index in [1.165, 1.54) is 21.2 Å². The van der Waals surface area contributed by atoms with E-state index in [0.29, 0.717) is 6.04 Å². The van der Waals surface area contributed by atoms with Crippen molar-refractivity contribution in [2.75, 3.05) is 7.05 Å². The van der Waals surface area contributed by atoms with Crippen molar-refractivity contribution < 1.29 is 0 Å². The standard InChI is InChI=1S/C17H20BrN/c1-13-8-10-15(16(18)12-13)17(19-2)11-9-14-6-4-3-5-7-14/h3-8,10,12,17,19H,9,11H2,1-2H3. The SMILES string of the molecule is CNC(CCc1ccccc1)c1ccc(C)cc1Br. The van der Waals surface area contributed by atoms with Gasteiger partial charge in [0.1, 0.15) is 0 Å². The smallest absolute Gasteiger partial charge is 0.0331 e. The maximum absolute atomic E-state index is 3.67. The molecular weight excluding hydrogens is 298 g/mol. The van der Waals surface area contributed by atoms with E-state index in [-0.39, 0.29) is 0 Å². The molecule has 0 spiro atoms. The van der Waals surface area contributed by atoms with Gasteiger partial charge < -0.3 is 5.32 Å². The third-order valence-corrected chi connectivity index (χ3v) is 4.13. The normalized spacial score (nSPS) is 12.4. The zero-order chi connectivity index (χ0) is 13.7. The van der Waals surface area contributed by atoms with Gasteiger partial charge in [-0.05, 0) is 49.6 Å². The van der Waals surface area contributed by atoms with E-state index < -0.39 is 0 Å². The second kappa shape index (κ2) is 6.88. The maximum atomic E-state index is 3.67. The molecule has 1 atom stereocenters. The topological polar surface area (TPSA) is 12.0 Å². The molecule has 0 bridgehead atoms. The molecule has 1 nitrogen and oxygen atoms in total. The summed E-state index contributed by atoms with van der Waals surface area (Å²) >= 11 is 3.67. The molecule has 0 heterocycles. The van der Waals surface area contributed by atoms with Crippen LogP contribution in [0.4, 0.5) is 0 Å². The Morgan fingerprint density at radius 2 is 1.84 bits per heavy atom. The maximum Gasteiger partial charge on any atom is 0.0331 e. The molecule has 0 aliphatic carbocycles. The van der Waals surface area contributed by atoms with E-state index >= 15 is 0 Å². The van der Waals surface area contributed by atoms with Gasteiger partial charge in [-0.1, -0.05) is 58.4 Å². The van der Waals surface area contributed by atoms with Crippen molar-refractivity contribution in [1.29, 1.82) is 0 Å². The number of rotatable bonds is 5. The van der Waals surface area contributed by atoms with Gasteiger partial charge in [0.15, 0.2) is 0 Å². The minimum atomic E-state index is 0.384. The lowest BCUT2D eigenvalue weighted by Crippen LogP contribution is -2.17. The van der Waals surface area contributed by atoms with Crippen LogP contribution in [0.1, 0.15) is 29.2 Å². The van der Waals surface area contributed by atoms with Crippen LogP contribution in [0, 0.1) is 6.92 Å². The average molecular weight is 318 g/mol. The third kappa shape index (κ3) is 3.92. The number of nitrogens with one attached hydrogen (secondary N) is 1. The summed E-state index contributed by atoms with van der Waals surface area (Å²) in [6, 6.07) is 17.6. The Balaban J connectivity index is 2.08. The van der Waals surface area contributed by atoms with Crippen molar-refractivity contribution in [2.24, 2.45) is 0 Å². The Morgan fingerprint density at radius 3 is 2.47 bits per heavy atom. The zero-order valence-corrected chi connectivity index (χ0v) is 13.1. The largest absolute Gasteiger partial charge is 0.313 e. The summed E-state index contributed by atoms with van der Waals surface area (Å²) in [4.78, 5) is 0. The average Bonchev–Trinajstić information content (AvgIpc) is 2.42.